The van der Waals surface area contributed by atoms with E-state index in [0.717, 1.165) is 12.0 Å². The van der Waals surface area contributed by atoms with Crippen molar-refractivity contribution in [1.82, 2.24) is 0 Å². The van der Waals surface area contributed by atoms with E-state index in [1.165, 1.54) is 0 Å². The molecule has 0 aromatic carbocycles. The van der Waals surface area contributed by atoms with Crippen molar-refractivity contribution in [2.24, 2.45) is 0 Å². The SMILES string of the molecule is C=C(CC)CC(O)COCCOC. The predicted octanol–water partition coefficient (Wildman–Crippen LogP) is 1.37. The molecule has 3 heteroatoms. The van der Waals surface area contributed by atoms with Gasteiger partial charge in [0.25, 0.3) is 0 Å². The molecule has 0 aromatic rings. The summed E-state index contributed by atoms with van der Waals surface area (Å²) in [6.07, 6.45) is 1.11. The van der Waals surface area contributed by atoms with E-state index in [1.807, 2.05) is 6.92 Å². The average Bonchev–Trinajstić information content (AvgIpc) is 2.12. The second-order valence-corrected chi connectivity index (χ2v) is 3.03. The predicted molar refractivity (Wildman–Crippen MR) is 52.7 cm³/mol. The lowest BCUT2D eigenvalue weighted by atomic mass is 10.1. The molecule has 0 aliphatic heterocycles. The van der Waals surface area contributed by atoms with Gasteiger partial charge >= 0.3 is 0 Å². The molecule has 1 unspecified atom stereocenters. The molecule has 0 saturated heterocycles. The summed E-state index contributed by atoms with van der Waals surface area (Å²) >= 11 is 0. The Morgan fingerprint density at radius 3 is 2.69 bits per heavy atom. The maximum absolute atomic E-state index is 9.42. The van der Waals surface area contributed by atoms with E-state index in [0.29, 0.717) is 26.2 Å². The van der Waals surface area contributed by atoms with Crippen LogP contribution in [0.2, 0.25) is 0 Å². The van der Waals surface area contributed by atoms with E-state index in [2.05, 4.69) is 6.58 Å². The van der Waals surface area contributed by atoms with Gasteiger partial charge in [0.15, 0.2) is 0 Å². The molecule has 0 rings (SSSR count). The van der Waals surface area contributed by atoms with Crippen LogP contribution in [0.4, 0.5) is 0 Å². The lowest BCUT2D eigenvalue weighted by Gasteiger charge is -2.11. The maximum Gasteiger partial charge on any atom is 0.0810 e. The Labute approximate surface area is 80.4 Å². The van der Waals surface area contributed by atoms with Gasteiger partial charge in [0.2, 0.25) is 0 Å². The summed E-state index contributed by atoms with van der Waals surface area (Å²) in [5.41, 5.74) is 1.06. The van der Waals surface area contributed by atoms with Gasteiger partial charge in [-0.3, -0.25) is 0 Å². The van der Waals surface area contributed by atoms with E-state index < -0.39 is 6.10 Å². The number of methoxy groups -OCH3 is 1. The number of hydrogen-bond acceptors (Lipinski definition) is 3. The normalized spacial score (nSPS) is 12.8. The van der Waals surface area contributed by atoms with Crippen LogP contribution in [-0.2, 0) is 9.47 Å². The minimum Gasteiger partial charge on any atom is -0.390 e. The largest absolute Gasteiger partial charge is 0.390 e. The molecular formula is C10H20O3. The average molecular weight is 188 g/mol. The molecule has 0 fully saturated rings. The van der Waals surface area contributed by atoms with Gasteiger partial charge in [-0.2, -0.15) is 0 Å². The first-order valence-corrected chi connectivity index (χ1v) is 4.62. The zero-order valence-electron chi connectivity index (χ0n) is 8.58. The van der Waals surface area contributed by atoms with Crippen LogP contribution < -0.4 is 0 Å². The Kier molecular flexibility index (Phi) is 7.99. The minimum absolute atomic E-state index is 0.363. The van der Waals surface area contributed by atoms with Gasteiger partial charge in [-0.25, -0.2) is 0 Å². The number of rotatable bonds is 8. The summed E-state index contributed by atoms with van der Waals surface area (Å²) in [6, 6.07) is 0. The third kappa shape index (κ3) is 7.96. The second kappa shape index (κ2) is 8.23. The molecule has 1 N–H and O–H groups in total. The van der Waals surface area contributed by atoms with E-state index in [-0.39, 0.29) is 0 Å². The van der Waals surface area contributed by atoms with Gasteiger partial charge in [0.1, 0.15) is 0 Å². The minimum atomic E-state index is -0.427. The van der Waals surface area contributed by atoms with Crippen molar-refractivity contribution in [2.75, 3.05) is 26.9 Å². The topological polar surface area (TPSA) is 38.7 Å². The molecule has 78 valence electrons. The summed E-state index contributed by atoms with van der Waals surface area (Å²) in [6.45, 7) is 7.31. The van der Waals surface area contributed by atoms with Crippen LogP contribution in [-0.4, -0.2) is 38.1 Å². The Bertz CT molecular complexity index is 134. The van der Waals surface area contributed by atoms with Crippen LogP contribution in [0.5, 0.6) is 0 Å². The first-order valence-electron chi connectivity index (χ1n) is 4.62. The van der Waals surface area contributed by atoms with Crippen LogP contribution in [0.15, 0.2) is 12.2 Å². The Balaban J connectivity index is 3.29. The monoisotopic (exact) mass is 188 g/mol. The first-order chi connectivity index (χ1) is 6.20. The zero-order chi connectivity index (χ0) is 10.1. The van der Waals surface area contributed by atoms with Gasteiger partial charge in [0, 0.05) is 7.11 Å². The van der Waals surface area contributed by atoms with Crippen LogP contribution in [0.1, 0.15) is 19.8 Å². The van der Waals surface area contributed by atoms with Crippen LogP contribution in [0, 0.1) is 0 Å². The third-order valence-corrected chi connectivity index (χ3v) is 1.77. The van der Waals surface area contributed by atoms with Crippen molar-refractivity contribution in [2.45, 2.75) is 25.9 Å². The number of hydrogen-bond donors (Lipinski definition) is 1. The van der Waals surface area contributed by atoms with Gasteiger partial charge in [-0.15, -0.1) is 0 Å². The molecule has 0 aliphatic rings. The van der Waals surface area contributed by atoms with E-state index in [9.17, 15) is 5.11 Å². The van der Waals surface area contributed by atoms with Crippen LogP contribution in [0.3, 0.4) is 0 Å². The number of aliphatic hydroxyl groups excluding tert-OH is 1. The van der Waals surface area contributed by atoms with Crippen LogP contribution >= 0.6 is 0 Å². The highest BCUT2D eigenvalue weighted by atomic mass is 16.5. The highest BCUT2D eigenvalue weighted by Gasteiger charge is 2.04. The van der Waals surface area contributed by atoms with Crippen molar-refractivity contribution in [1.29, 1.82) is 0 Å². The molecule has 0 bridgehead atoms. The molecule has 0 heterocycles. The Hall–Kier alpha value is -0.380. The standard InChI is InChI=1S/C10H20O3/c1-4-9(2)7-10(11)8-13-6-5-12-3/h10-11H,2,4-8H2,1,3H3. The summed E-state index contributed by atoms with van der Waals surface area (Å²) in [5.74, 6) is 0. The molecule has 0 aromatic heterocycles. The van der Waals surface area contributed by atoms with Crippen LogP contribution in [0.25, 0.3) is 0 Å². The third-order valence-electron chi connectivity index (χ3n) is 1.77. The molecule has 13 heavy (non-hydrogen) atoms. The van der Waals surface area contributed by atoms with E-state index in [4.69, 9.17) is 9.47 Å². The molecule has 1 atom stereocenters. The van der Waals surface area contributed by atoms with E-state index in [1.54, 1.807) is 7.11 Å². The highest BCUT2D eigenvalue weighted by molar-refractivity contribution is 4.94. The molecule has 0 spiro atoms. The summed E-state index contributed by atoms with van der Waals surface area (Å²) in [4.78, 5) is 0. The molecule has 0 aliphatic carbocycles. The molecule has 0 saturated carbocycles. The zero-order valence-corrected chi connectivity index (χ0v) is 8.58. The summed E-state index contributed by atoms with van der Waals surface area (Å²) in [5, 5.41) is 9.42. The summed E-state index contributed by atoms with van der Waals surface area (Å²) in [7, 11) is 1.62. The quantitative estimate of drug-likeness (QED) is 0.462. The Morgan fingerprint density at radius 1 is 1.46 bits per heavy atom. The van der Waals surface area contributed by atoms with Gasteiger partial charge < -0.3 is 14.6 Å². The second-order valence-electron chi connectivity index (χ2n) is 3.03. The highest BCUT2D eigenvalue weighted by Crippen LogP contribution is 2.06. The van der Waals surface area contributed by atoms with Gasteiger partial charge in [-0.05, 0) is 12.8 Å². The molecule has 0 amide bonds. The molecular weight excluding hydrogens is 168 g/mol. The van der Waals surface area contributed by atoms with Gasteiger partial charge in [0.05, 0.1) is 25.9 Å². The number of ether oxygens (including phenoxy) is 2. The smallest absolute Gasteiger partial charge is 0.0810 e. The number of aliphatic hydroxyl groups is 1. The molecule has 0 radical (unpaired) electrons. The van der Waals surface area contributed by atoms with Crippen molar-refractivity contribution in [3.8, 4) is 0 Å². The lowest BCUT2D eigenvalue weighted by Crippen LogP contribution is -2.17. The van der Waals surface area contributed by atoms with E-state index >= 15 is 0 Å². The van der Waals surface area contributed by atoms with Crippen molar-refractivity contribution < 1.29 is 14.6 Å². The van der Waals surface area contributed by atoms with Gasteiger partial charge in [-0.1, -0.05) is 19.1 Å². The fourth-order valence-electron chi connectivity index (χ4n) is 0.898. The van der Waals surface area contributed by atoms with Crippen molar-refractivity contribution >= 4 is 0 Å². The molecule has 3 nitrogen and oxygen atoms in total. The summed E-state index contributed by atoms with van der Waals surface area (Å²) < 4.78 is 9.97. The maximum atomic E-state index is 9.42. The Morgan fingerprint density at radius 2 is 2.15 bits per heavy atom. The lowest BCUT2D eigenvalue weighted by molar-refractivity contribution is 0.0135. The van der Waals surface area contributed by atoms with Crippen molar-refractivity contribution in [3.05, 3.63) is 12.2 Å². The fraction of sp³-hybridized carbons (Fsp3) is 0.800. The fourth-order valence-corrected chi connectivity index (χ4v) is 0.898. The first kappa shape index (κ1) is 12.6. The van der Waals surface area contributed by atoms with Crippen molar-refractivity contribution in [3.63, 3.8) is 0 Å².